The molecule has 0 unspecified atom stereocenters. The summed E-state index contributed by atoms with van der Waals surface area (Å²) in [6.45, 7) is 0. The summed E-state index contributed by atoms with van der Waals surface area (Å²) in [5, 5.41) is 8.30. The molecule has 7 nitrogen and oxygen atoms in total. The molecule has 0 bridgehead atoms. The van der Waals surface area contributed by atoms with Crippen molar-refractivity contribution in [2.24, 2.45) is 0 Å². The SMILES string of the molecule is O=CN(O)/C=C/C(=O)P(=O)(O)O.[NaH].[NaH]. The van der Waals surface area contributed by atoms with E-state index in [9.17, 15) is 14.2 Å². The van der Waals surface area contributed by atoms with Gasteiger partial charge in [0.05, 0.1) is 0 Å². The molecule has 14 heavy (non-hydrogen) atoms. The second-order valence-electron chi connectivity index (χ2n) is 1.68. The minimum absolute atomic E-state index is 0. The van der Waals surface area contributed by atoms with Crippen LogP contribution in [0.5, 0.6) is 0 Å². The van der Waals surface area contributed by atoms with Crippen LogP contribution in [0.15, 0.2) is 12.3 Å². The van der Waals surface area contributed by atoms with E-state index in [1.807, 2.05) is 0 Å². The summed E-state index contributed by atoms with van der Waals surface area (Å²) in [6.07, 6.45) is 0.868. The molecular weight excluding hydrogens is 235 g/mol. The molecule has 0 aromatic heterocycles. The molecule has 0 fully saturated rings. The van der Waals surface area contributed by atoms with E-state index in [0.717, 1.165) is 0 Å². The summed E-state index contributed by atoms with van der Waals surface area (Å²) >= 11 is 0. The van der Waals surface area contributed by atoms with Crippen LogP contribution >= 0.6 is 7.60 Å². The molecule has 0 saturated carbocycles. The summed E-state index contributed by atoms with van der Waals surface area (Å²) in [4.78, 5) is 36.5. The van der Waals surface area contributed by atoms with Gasteiger partial charge in [0.2, 0.25) is 6.41 Å². The van der Waals surface area contributed by atoms with Gasteiger partial charge < -0.3 is 9.79 Å². The Bertz CT molecular complexity index is 263. The zero-order valence-corrected chi connectivity index (χ0v) is 6.59. The molecule has 0 aliphatic heterocycles. The molecule has 0 aliphatic carbocycles. The summed E-state index contributed by atoms with van der Waals surface area (Å²) < 4.78 is 10.1. The molecule has 0 aromatic carbocycles. The number of carbonyl (C=O) groups excluding carboxylic acids is 2. The van der Waals surface area contributed by atoms with Gasteiger partial charge in [-0.25, -0.2) is 5.06 Å². The van der Waals surface area contributed by atoms with Crippen molar-refractivity contribution in [2.75, 3.05) is 0 Å². The molecule has 0 radical (unpaired) electrons. The third kappa shape index (κ3) is 9.54. The van der Waals surface area contributed by atoms with Crippen molar-refractivity contribution in [2.45, 2.75) is 0 Å². The van der Waals surface area contributed by atoms with E-state index < -0.39 is 13.1 Å². The van der Waals surface area contributed by atoms with Crippen molar-refractivity contribution in [1.82, 2.24) is 5.06 Å². The van der Waals surface area contributed by atoms with Crippen LogP contribution in [0.1, 0.15) is 0 Å². The summed E-state index contributed by atoms with van der Waals surface area (Å²) in [6, 6.07) is 0. The Labute approximate surface area is 124 Å². The molecule has 0 heterocycles. The third-order valence-electron chi connectivity index (χ3n) is 0.765. The van der Waals surface area contributed by atoms with Gasteiger partial charge in [-0.3, -0.25) is 19.4 Å². The van der Waals surface area contributed by atoms with E-state index in [2.05, 4.69) is 0 Å². The monoisotopic (exact) mass is 243 g/mol. The molecule has 0 spiro atoms. The van der Waals surface area contributed by atoms with Gasteiger partial charge in [0.25, 0.3) is 5.52 Å². The average Bonchev–Trinajstić information content (AvgIpc) is 1.97. The van der Waals surface area contributed by atoms with Gasteiger partial charge in [0.15, 0.2) is 0 Å². The first kappa shape index (κ1) is 20.4. The summed E-state index contributed by atoms with van der Waals surface area (Å²) in [7, 11) is -4.80. The standard InChI is InChI=1S/C4H6NO6P.2Na.2H/c6-3-5(8)2-1-4(7)12(9,10)11;;;;/h1-3,8H,(H2,9,10,11);;;;/b2-1+;;;;. The van der Waals surface area contributed by atoms with Crippen LogP contribution in [0.25, 0.3) is 0 Å². The van der Waals surface area contributed by atoms with E-state index in [1.54, 1.807) is 0 Å². The third-order valence-corrected chi connectivity index (χ3v) is 1.49. The van der Waals surface area contributed by atoms with Crippen molar-refractivity contribution in [3.05, 3.63) is 12.3 Å². The Kier molecular flexibility index (Phi) is 13.5. The number of carbonyl (C=O) groups is 2. The van der Waals surface area contributed by atoms with Gasteiger partial charge >= 0.3 is 66.7 Å². The number of nitrogens with zero attached hydrogens (tertiary/aromatic N) is 1. The number of amides is 1. The van der Waals surface area contributed by atoms with Crippen molar-refractivity contribution < 1.29 is 29.1 Å². The minimum atomic E-state index is -4.80. The van der Waals surface area contributed by atoms with E-state index in [1.165, 1.54) is 0 Å². The van der Waals surface area contributed by atoms with Crippen molar-refractivity contribution in [1.29, 1.82) is 0 Å². The predicted octanol–water partition coefficient (Wildman–Crippen LogP) is -2.25. The van der Waals surface area contributed by atoms with Gasteiger partial charge in [0, 0.05) is 12.3 Å². The predicted molar refractivity (Wildman–Crippen MR) is 50.2 cm³/mol. The number of hydroxylamine groups is 2. The second kappa shape index (κ2) is 9.23. The van der Waals surface area contributed by atoms with Crippen molar-refractivity contribution >= 4 is 78.6 Å². The Morgan fingerprint density at radius 2 is 1.71 bits per heavy atom. The zero-order valence-electron chi connectivity index (χ0n) is 5.69. The summed E-state index contributed by atoms with van der Waals surface area (Å²) in [5.41, 5.74) is -1.48. The zero-order chi connectivity index (χ0) is 9.78. The second-order valence-corrected chi connectivity index (χ2v) is 3.21. The Morgan fingerprint density at radius 1 is 1.29 bits per heavy atom. The van der Waals surface area contributed by atoms with Crippen LogP contribution in [-0.4, -0.2) is 91.1 Å². The van der Waals surface area contributed by atoms with Crippen molar-refractivity contribution in [3.63, 3.8) is 0 Å². The van der Waals surface area contributed by atoms with E-state index in [-0.39, 0.29) is 70.6 Å². The average molecular weight is 243 g/mol. The van der Waals surface area contributed by atoms with Crippen LogP contribution in [-0.2, 0) is 14.2 Å². The maximum absolute atomic E-state index is 10.4. The van der Waals surface area contributed by atoms with E-state index in [4.69, 9.17) is 15.0 Å². The molecule has 0 aliphatic rings. The van der Waals surface area contributed by atoms with Crippen molar-refractivity contribution in [3.8, 4) is 0 Å². The van der Waals surface area contributed by atoms with Gasteiger partial charge in [-0.05, 0) is 0 Å². The number of allylic oxidation sites excluding steroid dienone is 1. The fraction of sp³-hybridized carbons (Fsp3) is 0. The number of hydrogen-bond acceptors (Lipinski definition) is 4. The van der Waals surface area contributed by atoms with Crippen LogP contribution in [0, 0.1) is 0 Å². The quantitative estimate of drug-likeness (QED) is 0.128. The Balaban J connectivity index is -0.000000605. The number of hydrogen-bond donors (Lipinski definition) is 3. The van der Waals surface area contributed by atoms with E-state index in [0.29, 0.717) is 12.3 Å². The van der Waals surface area contributed by atoms with Gasteiger partial charge in [0.1, 0.15) is 0 Å². The molecular formula is C4H8NNa2O6P. The molecule has 1 amide bonds. The molecule has 10 heteroatoms. The molecule has 0 aromatic rings. The Hall–Kier alpha value is 0.990. The maximum atomic E-state index is 10.4. The molecule has 0 atom stereocenters. The first-order valence-electron chi connectivity index (χ1n) is 2.58. The fourth-order valence-electron chi connectivity index (χ4n) is 0.272. The van der Waals surface area contributed by atoms with Gasteiger partial charge in [-0.15, -0.1) is 0 Å². The first-order chi connectivity index (χ1) is 5.38. The Morgan fingerprint density at radius 3 is 2.00 bits per heavy atom. The van der Waals surface area contributed by atoms with Crippen LogP contribution < -0.4 is 0 Å². The topological polar surface area (TPSA) is 115 Å². The molecule has 0 rings (SSSR count). The fourth-order valence-corrected chi connectivity index (χ4v) is 0.533. The van der Waals surface area contributed by atoms with Gasteiger partial charge in [-0.1, -0.05) is 0 Å². The summed E-state index contributed by atoms with van der Waals surface area (Å²) in [5.74, 6) is 0. The van der Waals surface area contributed by atoms with Crippen LogP contribution in [0.4, 0.5) is 0 Å². The van der Waals surface area contributed by atoms with Crippen LogP contribution in [0.2, 0.25) is 0 Å². The van der Waals surface area contributed by atoms with Crippen LogP contribution in [0.3, 0.4) is 0 Å². The molecule has 0 saturated heterocycles. The van der Waals surface area contributed by atoms with E-state index >= 15 is 0 Å². The normalized spacial score (nSPS) is 9.93. The molecule has 72 valence electrons. The number of rotatable bonds is 4. The first-order valence-corrected chi connectivity index (χ1v) is 4.20. The molecule has 3 N–H and O–H groups in total. The van der Waals surface area contributed by atoms with Gasteiger partial charge in [-0.2, -0.15) is 0 Å².